The van der Waals surface area contributed by atoms with Crippen molar-refractivity contribution in [1.82, 2.24) is 4.90 Å². The van der Waals surface area contributed by atoms with Gasteiger partial charge in [-0.15, -0.1) is 0 Å². The molecular weight excluding hydrogens is 356 g/mol. The number of rotatable bonds is 6. The smallest absolute Gasteiger partial charge is 0.314 e. The summed E-state index contributed by atoms with van der Waals surface area (Å²) < 4.78 is 0. The van der Waals surface area contributed by atoms with Crippen molar-refractivity contribution in [3.63, 3.8) is 0 Å². The molecule has 29 heavy (non-hydrogen) atoms. The Morgan fingerprint density at radius 3 is 2.14 bits per heavy atom. The van der Waals surface area contributed by atoms with E-state index in [9.17, 15) is 4.79 Å². The standard InChI is InChI=1S/C26H28N2O/c1-20-14-16-25(17-15-20)27-26(29)28(22(3)24-12-8-5-9-13-24)19-21(2)18-23-10-6-4-7-11-23/h4-18,22H,19H2,1-3H3,(H,27,29)/b21-18+. The summed E-state index contributed by atoms with van der Waals surface area (Å²) >= 11 is 0. The van der Waals surface area contributed by atoms with Gasteiger partial charge in [0.15, 0.2) is 0 Å². The number of urea groups is 1. The molecule has 0 radical (unpaired) electrons. The third-order valence-electron chi connectivity index (χ3n) is 4.95. The fourth-order valence-electron chi connectivity index (χ4n) is 3.28. The number of hydrogen-bond acceptors (Lipinski definition) is 1. The van der Waals surface area contributed by atoms with E-state index in [4.69, 9.17) is 0 Å². The Bertz CT molecular complexity index is 947. The Kier molecular flexibility index (Phi) is 6.85. The molecule has 0 fully saturated rings. The topological polar surface area (TPSA) is 32.3 Å². The van der Waals surface area contributed by atoms with Crippen molar-refractivity contribution in [2.75, 3.05) is 11.9 Å². The van der Waals surface area contributed by atoms with Gasteiger partial charge in [-0.25, -0.2) is 4.79 Å². The Hall–Kier alpha value is -3.33. The summed E-state index contributed by atoms with van der Waals surface area (Å²) in [6.07, 6.45) is 2.13. The largest absolute Gasteiger partial charge is 0.322 e. The Balaban J connectivity index is 1.83. The van der Waals surface area contributed by atoms with Gasteiger partial charge in [-0.2, -0.15) is 0 Å². The summed E-state index contributed by atoms with van der Waals surface area (Å²) in [6.45, 7) is 6.71. The second-order valence-corrected chi connectivity index (χ2v) is 7.41. The van der Waals surface area contributed by atoms with Crippen molar-refractivity contribution < 1.29 is 4.79 Å². The van der Waals surface area contributed by atoms with Crippen LogP contribution in [0.1, 0.15) is 36.6 Å². The van der Waals surface area contributed by atoms with Gasteiger partial charge in [0.25, 0.3) is 0 Å². The molecule has 0 spiro atoms. The summed E-state index contributed by atoms with van der Waals surface area (Å²) in [4.78, 5) is 15.1. The first-order chi connectivity index (χ1) is 14.0. The Morgan fingerprint density at radius 2 is 1.52 bits per heavy atom. The molecular formula is C26H28N2O. The molecule has 0 aliphatic rings. The average Bonchev–Trinajstić information content (AvgIpc) is 2.74. The molecule has 0 bridgehead atoms. The molecule has 2 amide bonds. The van der Waals surface area contributed by atoms with Crippen LogP contribution in [0.15, 0.2) is 90.5 Å². The Morgan fingerprint density at radius 1 is 0.931 bits per heavy atom. The molecule has 0 aliphatic carbocycles. The summed E-state index contributed by atoms with van der Waals surface area (Å²) in [5.41, 5.74) is 5.34. The molecule has 0 saturated carbocycles. The molecule has 1 atom stereocenters. The first kappa shape index (κ1) is 20.4. The average molecular weight is 385 g/mol. The number of aryl methyl sites for hydroxylation is 1. The first-order valence-electron chi connectivity index (χ1n) is 9.94. The molecule has 1 unspecified atom stereocenters. The van der Waals surface area contributed by atoms with Gasteiger partial charge in [-0.1, -0.05) is 90.0 Å². The van der Waals surface area contributed by atoms with Gasteiger partial charge in [0, 0.05) is 12.2 Å². The van der Waals surface area contributed by atoms with Crippen LogP contribution < -0.4 is 5.32 Å². The predicted octanol–water partition coefficient (Wildman–Crippen LogP) is 6.69. The summed E-state index contributed by atoms with van der Waals surface area (Å²) in [5, 5.41) is 3.05. The number of carbonyl (C=O) groups excluding carboxylic acids is 1. The van der Waals surface area contributed by atoms with Gasteiger partial charge in [-0.3, -0.25) is 0 Å². The van der Waals surface area contributed by atoms with Gasteiger partial charge >= 0.3 is 6.03 Å². The SMILES string of the molecule is C/C(=C\c1ccccc1)CN(C(=O)Nc1ccc(C)cc1)C(C)c1ccccc1. The molecule has 0 aliphatic heterocycles. The molecule has 3 heteroatoms. The van der Waals surface area contributed by atoms with E-state index in [-0.39, 0.29) is 12.1 Å². The highest BCUT2D eigenvalue weighted by atomic mass is 16.2. The predicted molar refractivity (Wildman–Crippen MR) is 122 cm³/mol. The van der Waals surface area contributed by atoms with Gasteiger partial charge in [0.05, 0.1) is 6.04 Å². The number of anilines is 1. The third kappa shape index (κ3) is 5.82. The molecule has 3 nitrogen and oxygen atoms in total. The minimum Gasteiger partial charge on any atom is -0.314 e. The summed E-state index contributed by atoms with van der Waals surface area (Å²) in [7, 11) is 0. The van der Waals surface area contributed by atoms with Crippen LogP contribution in [0.5, 0.6) is 0 Å². The van der Waals surface area contributed by atoms with Crippen LogP contribution >= 0.6 is 0 Å². The zero-order valence-corrected chi connectivity index (χ0v) is 17.3. The quantitative estimate of drug-likeness (QED) is 0.504. The molecule has 3 aromatic carbocycles. The highest BCUT2D eigenvalue weighted by molar-refractivity contribution is 5.90. The van der Waals surface area contributed by atoms with Crippen LogP contribution in [0.3, 0.4) is 0 Å². The van der Waals surface area contributed by atoms with E-state index in [1.54, 1.807) is 0 Å². The van der Waals surface area contributed by atoms with Gasteiger partial charge in [0.1, 0.15) is 0 Å². The van der Waals surface area contributed by atoms with Crippen LogP contribution in [0.25, 0.3) is 6.08 Å². The van der Waals surface area contributed by atoms with Crippen molar-refractivity contribution in [2.24, 2.45) is 0 Å². The molecule has 0 saturated heterocycles. The van der Waals surface area contributed by atoms with Crippen molar-refractivity contribution in [1.29, 1.82) is 0 Å². The first-order valence-corrected chi connectivity index (χ1v) is 9.94. The van der Waals surface area contributed by atoms with E-state index in [0.29, 0.717) is 6.54 Å². The van der Waals surface area contributed by atoms with Gasteiger partial charge in [-0.05, 0) is 44.0 Å². The highest BCUT2D eigenvalue weighted by Gasteiger charge is 2.22. The lowest BCUT2D eigenvalue weighted by molar-refractivity contribution is 0.199. The fraction of sp³-hybridized carbons (Fsp3) is 0.192. The van der Waals surface area contributed by atoms with Crippen LogP contribution in [0.4, 0.5) is 10.5 Å². The van der Waals surface area contributed by atoms with Gasteiger partial charge < -0.3 is 10.2 Å². The summed E-state index contributed by atoms with van der Waals surface area (Å²) in [5.74, 6) is 0. The van der Waals surface area contributed by atoms with Crippen molar-refractivity contribution in [3.05, 3.63) is 107 Å². The van der Waals surface area contributed by atoms with Crippen LogP contribution in [0.2, 0.25) is 0 Å². The highest BCUT2D eigenvalue weighted by Crippen LogP contribution is 2.23. The second kappa shape index (κ2) is 9.74. The maximum atomic E-state index is 13.2. The lowest BCUT2D eigenvalue weighted by atomic mass is 10.1. The lowest BCUT2D eigenvalue weighted by Crippen LogP contribution is -2.38. The number of nitrogens with one attached hydrogen (secondary N) is 1. The minimum atomic E-state index is -0.106. The lowest BCUT2D eigenvalue weighted by Gasteiger charge is -2.30. The monoisotopic (exact) mass is 384 g/mol. The van der Waals surface area contributed by atoms with Crippen LogP contribution in [0, 0.1) is 6.92 Å². The second-order valence-electron chi connectivity index (χ2n) is 7.41. The minimum absolute atomic E-state index is 0.0548. The van der Waals surface area contributed by atoms with E-state index in [1.807, 2.05) is 72.5 Å². The van der Waals surface area contributed by atoms with Crippen LogP contribution in [-0.2, 0) is 0 Å². The number of carbonyl (C=O) groups is 1. The third-order valence-corrected chi connectivity index (χ3v) is 4.95. The zero-order valence-electron chi connectivity index (χ0n) is 17.3. The molecule has 3 aromatic rings. The zero-order chi connectivity index (χ0) is 20.6. The molecule has 0 aromatic heterocycles. The fourth-order valence-corrected chi connectivity index (χ4v) is 3.28. The molecule has 0 heterocycles. The van der Waals surface area contributed by atoms with E-state index in [2.05, 4.69) is 49.5 Å². The molecule has 1 N–H and O–H groups in total. The number of amides is 2. The maximum Gasteiger partial charge on any atom is 0.322 e. The van der Waals surface area contributed by atoms with E-state index in [0.717, 1.165) is 22.4 Å². The van der Waals surface area contributed by atoms with E-state index < -0.39 is 0 Å². The van der Waals surface area contributed by atoms with E-state index in [1.165, 1.54) is 5.56 Å². The number of hydrogen-bond donors (Lipinski definition) is 1. The summed E-state index contributed by atoms with van der Waals surface area (Å²) in [6, 6.07) is 28.0. The van der Waals surface area contributed by atoms with Crippen molar-refractivity contribution in [2.45, 2.75) is 26.8 Å². The van der Waals surface area contributed by atoms with Crippen molar-refractivity contribution >= 4 is 17.8 Å². The molecule has 3 rings (SSSR count). The Labute approximate surface area is 173 Å². The maximum absolute atomic E-state index is 13.2. The normalized spacial score (nSPS) is 12.3. The molecule has 148 valence electrons. The van der Waals surface area contributed by atoms with Gasteiger partial charge in [0.2, 0.25) is 0 Å². The van der Waals surface area contributed by atoms with E-state index >= 15 is 0 Å². The van der Waals surface area contributed by atoms with Crippen LogP contribution in [-0.4, -0.2) is 17.5 Å². The van der Waals surface area contributed by atoms with Crippen molar-refractivity contribution in [3.8, 4) is 0 Å². The number of nitrogens with zero attached hydrogens (tertiary/aromatic N) is 1. The number of benzene rings is 3.